The lowest BCUT2D eigenvalue weighted by atomic mass is 10.3. The predicted molar refractivity (Wildman–Crippen MR) is 92.9 cm³/mol. The van der Waals surface area contributed by atoms with Crippen LogP contribution >= 0.6 is 11.8 Å². The van der Waals surface area contributed by atoms with Crippen molar-refractivity contribution in [1.82, 2.24) is 19.7 Å². The van der Waals surface area contributed by atoms with Gasteiger partial charge in [0.15, 0.2) is 11.4 Å². The van der Waals surface area contributed by atoms with Gasteiger partial charge in [-0.05, 0) is 18.6 Å². The molecule has 9 heteroatoms. The molecule has 0 spiro atoms. The molecular formula is C16H19N5O3S. The summed E-state index contributed by atoms with van der Waals surface area (Å²) in [5, 5.41) is 14.0. The van der Waals surface area contributed by atoms with Gasteiger partial charge in [-0.25, -0.2) is 14.6 Å². The van der Waals surface area contributed by atoms with E-state index in [0.29, 0.717) is 23.4 Å². The monoisotopic (exact) mass is 361 g/mol. The Morgan fingerprint density at radius 2 is 2.20 bits per heavy atom. The Balaban J connectivity index is 1.88. The number of amides is 1. The van der Waals surface area contributed by atoms with Gasteiger partial charge in [-0.1, -0.05) is 30.8 Å². The fourth-order valence-corrected chi connectivity index (χ4v) is 3.45. The minimum Gasteiger partial charge on any atom is -0.431 e. The third kappa shape index (κ3) is 3.99. The highest BCUT2D eigenvalue weighted by molar-refractivity contribution is 7.99. The Labute approximate surface area is 148 Å². The molecule has 1 atom stereocenters. The molecule has 3 rings (SSSR count). The molecule has 0 unspecified atom stereocenters. The van der Waals surface area contributed by atoms with E-state index in [0.717, 1.165) is 17.5 Å². The molecule has 0 saturated carbocycles. The van der Waals surface area contributed by atoms with Crippen LogP contribution in [0, 0.1) is 0 Å². The fourth-order valence-electron chi connectivity index (χ4n) is 2.47. The van der Waals surface area contributed by atoms with E-state index in [-0.39, 0.29) is 18.3 Å². The Kier molecular flexibility index (Phi) is 5.34. The first kappa shape index (κ1) is 17.4. The number of aromatic nitrogens is 4. The summed E-state index contributed by atoms with van der Waals surface area (Å²) >= 11 is 1.44. The van der Waals surface area contributed by atoms with Gasteiger partial charge in [-0.3, -0.25) is 4.79 Å². The van der Waals surface area contributed by atoms with Crippen molar-refractivity contribution in [2.75, 3.05) is 6.61 Å². The van der Waals surface area contributed by atoms with Crippen LogP contribution in [0.2, 0.25) is 0 Å². The smallest absolute Gasteiger partial charge is 0.257 e. The molecule has 0 aliphatic rings. The fraction of sp³-hybridized carbons (Fsp3) is 0.375. The lowest BCUT2D eigenvalue weighted by Gasteiger charge is -2.12. The van der Waals surface area contributed by atoms with Crippen molar-refractivity contribution in [2.24, 2.45) is 5.73 Å². The van der Waals surface area contributed by atoms with Gasteiger partial charge in [-0.2, -0.15) is 5.10 Å². The topological polar surface area (TPSA) is 120 Å². The number of carbonyl (C=O) groups is 1. The third-order valence-electron chi connectivity index (χ3n) is 3.56. The van der Waals surface area contributed by atoms with Crippen LogP contribution in [-0.2, 0) is 17.8 Å². The molecule has 0 aliphatic carbocycles. The summed E-state index contributed by atoms with van der Waals surface area (Å²) < 4.78 is 7.38. The minimum atomic E-state index is -0.493. The number of para-hydroxylation sites is 2. The molecule has 0 saturated heterocycles. The van der Waals surface area contributed by atoms with Crippen LogP contribution in [0.1, 0.15) is 30.2 Å². The zero-order valence-corrected chi connectivity index (χ0v) is 14.6. The van der Waals surface area contributed by atoms with E-state index >= 15 is 0 Å². The first-order valence-electron chi connectivity index (χ1n) is 7.95. The van der Waals surface area contributed by atoms with Crippen molar-refractivity contribution in [3.8, 4) is 0 Å². The molecule has 2 heterocycles. The Hall–Kier alpha value is -2.39. The first-order chi connectivity index (χ1) is 12.1. The second kappa shape index (κ2) is 7.66. The van der Waals surface area contributed by atoms with Gasteiger partial charge < -0.3 is 15.3 Å². The molecule has 8 nitrogen and oxygen atoms in total. The number of carbonyl (C=O) groups excluding carboxylic acids is 1. The maximum absolute atomic E-state index is 11.1. The van der Waals surface area contributed by atoms with E-state index in [1.165, 1.54) is 11.8 Å². The van der Waals surface area contributed by atoms with Gasteiger partial charge in [0.2, 0.25) is 5.91 Å². The molecule has 0 bridgehead atoms. The zero-order valence-electron chi connectivity index (χ0n) is 13.8. The average molecular weight is 361 g/mol. The number of aliphatic hydroxyl groups excluding tert-OH is 1. The number of hydrogen-bond acceptors (Lipinski definition) is 7. The largest absolute Gasteiger partial charge is 0.431 e. The van der Waals surface area contributed by atoms with Crippen molar-refractivity contribution in [3.63, 3.8) is 0 Å². The van der Waals surface area contributed by atoms with Crippen LogP contribution in [-0.4, -0.2) is 37.4 Å². The Bertz CT molecular complexity index is 843. The number of nitrogens with zero attached hydrogens (tertiary/aromatic N) is 4. The quantitative estimate of drug-likeness (QED) is 0.586. The molecule has 0 fully saturated rings. The highest BCUT2D eigenvalue weighted by Crippen LogP contribution is 2.37. The van der Waals surface area contributed by atoms with Crippen LogP contribution in [0.15, 0.2) is 33.9 Å². The number of primary amides is 1. The maximum atomic E-state index is 11.1. The van der Waals surface area contributed by atoms with Gasteiger partial charge in [0.25, 0.3) is 5.22 Å². The summed E-state index contributed by atoms with van der Waals surface area (Å²) in [6.45, 7) is 2.24. The van der Waals surface area contributed by atoms with Crippen LogP contribution < -0.4 is 5.73 Å². The number of aliphatic hydroxyl groups is 1. The number of benzene rings is 1. The van der Waals surface area contributed by atoms with Crippen LogP contribution in [0.3, 0.4) is 0 Å². The first-order valence-corrected chi connectivity index (χ1v) is 8.83. The van der Waals surface area contributed by atoms with Gasteiger partial charge >= 0.3 is 0 Å². The molecule has 3 N–H and O–H groups in total. The molecule has 2 aromatic heterocycles. The van der Waals surface area contributed by atoms with Crippen LogP contribution in [0.4, 0.5) is 0 Å². The van der Waals surface area contributed by atoms with E-state index in [2.05, 4.69) is 15.1 Å². The molecule has 25 heavy (non-hydrogen) atoms. The lowest BCUT2D eigenvalue weighted by Crippen LogP contribution is -2.15. The second-order valence-corrected chi connectivity index (χ2v) is 6.59. The van der Waals surface area contributed by atoms with E-state index < -0.39 is 5.91 Å². The molecule has 0 aliphatic heterocycles. The van der Waals surface area contributed by atoms with E-state index in [9.17, 15) is 9.90 Å². The van der Waals surface area contributed by atoms with E-state index in [1.54, 1.807) is 4.68 Å². The summed E-state index contributed by atoms with van der Waals surface area (Å²) in [4.78, 5) is 20.0. The van der Waals surface area contributed by atoms with Crippen molar-refractivity contribution in [3.05, 3.63) is 35.9 Å². The van der Waals surface area contributed by atoms with Gasteiger partial charge in [0.05, 0.1) is 24.8 Å². The summed E-state index contributed by atoms with van der Waals surface area (Å²) in [6, 6.07) is 7.56. The molecule has 3 aromatic rings. The Morgan fingerprint density at radius 1 is 1.40 bits per heavy atom. The Morgan fingerprint density at radius 3 is 2.88 bits per heavy atom. The molecule has 1 amide bonds. The molecule has 0 radical (unpaired) electrons. The zero-order chi connectivity index (χ0) is 17.8. The number of thioether (sulfide) groups is 1. The van der Waals surface area contributed by atoms with Crippen LogP contribution in [0.25, 0.3) is 11.1 Å². The summed E-state index contributed by atoms with van der Waals surface area (Å²) in [5.41, 5.74) is 6.75. The van der Waals surface area contributed by atoms with Crippen molar-refractivity contribution in [2.45, 2.75) is 36.8 Å². The van der Waals surface area contributed by atoms with Crippen molar-refractivity contribution in [1.29, 1.82) is 0 Å². The molecular weight excluding hydrogens is 342 g/mol. The average Bonchev–Trinajstić information content (AvgIpc) is 3.15. The minimum absolute atomic E-state index is 0.0323. The van der Waals surface area contributed by atoms with Gasteiger partial charge in [0.1, 0.15) is 11.3 Å². The summed E-state index contributed by atoms with van der Waals surface area (Å²) in [7, 11) is 0. The molecule has 1 aromatic carbocycles. The molecule has 132 valence electrons. The van der Waals surface area contributed by atoms with Crippen molar-refractivity contribution >= 4 is 28.8 Å². The maximum Gasteiger partial charge on any atom is 0.257 e. The number of hydrogen-bond donors (Lipinski definition) is 2. The number of nitrogens with two attached hydrogens (primary N) is 1. The van der Waals surface area contributed by atoms with Crippen LogP contribution in [0.5, 0.6) is 0 Å². The van der Waals surface area contributed by atoms with Gasteiger partial charge in [0, 0.05) is 0 Å². The van der Waals surface area contributed by atoms with E-state index in [1.807, 2.05) is 31.2 Å². The third-order valence-corrected chi connectivity index (χ3v) is 4.77. The predicted octanol–water partition coefficient (Wildman–Crippen LogP) is 1.68. The number of oxazole rings is 1. The van der Waals surface area contributed by atoms with Gasteiger partial charge in [-0.15, -0.1) is 0 Å². The highest BCUT2D eigenvalue weighted by atomic mass is 32.2. The summed E-state index contributed by atoms with van der Waals surface area (Å²) in [6.07, 6.45) is 0.721. The van der Waals surface area contributed by atoms with E-state index in [4.69, 9.17) is 10.2 Å². The van der Waals surface area contributed by atoms with Crippen molar-refractivity contribution < 1.29 is 14.3 Å². The second-order valence-electron chi connectivity index (χ2n) is 5.44. The standard InChI is InChI=1S/C16H19N5O3S/c1-2-12(25-16-18-10-5-3-4-6-11(10)24-16)15-19-14(9-13(17)23)20-21(15)7-8-22/h3-6,12,22H,2,7-9H2,1H3,(H2,17,23)/t12-/m0/s1. The summed E-state index contributed by atoms with van der Waals surface area (Å²) in [5.74, 6) is 0.528. The number of fused-ring (bicyclic) bond motifs is 1. The normalized spacial score (nSPS) is 12.6. The SMILES string of the molecule is CC[C@H](Sc1nc2ccccc2o1)c1nc(CC(N)=O)nn1CCO. The number of rotatable bonds is 8. The highest BCUT2D eigenvalue weighted by Gasteiger charge is 2.23. The lowest BCUT2D eigenvalue weighted by molar-refractivity contribution is -0.117.